The first-order valence-electron chi connectivity index (χ1n) is 14.5. The zero-order valence-electron chi connectivity index (χ0n) is 23.6. The number of fused-ring (bicyclic) bond motifs is 1. The van der Waals surface area contributed by atoms with E-state index in [0.29, 0.717) is 12.1 Å². The maximum atomic E-state index is 13.9. The summed E-state index contributed by atoms with van der Waals surface area (Å²) >= 11 is 6.37. The molecular weight excluding hydrogens is 558 g/mol. The highest BCUT2D eigenvalue weighted by Crippen LogP contribution is 2.39. The predicted molar refractivity (Wildman–Crippen MR) is 161 cm³/mol. The molecule has 0 aromatic heterocycles. The SMILES string of the molecule is CCCCCCCCCC[C@H](O)C1C=CC2C(=O)N(c3cc(C#N)ccc3Cl)C(=O)[C@H]2N1Nc1ccc([N+](=O)[O-])cc1. The van der Waals surface area contributed by atoms with Gasteiger partial charge in [0.25, 0.3) is 11.6 Å². The van der Waals surface area contributed by atoms with E-state index >= 15 is 0 Å². The lowest BCUT2D eigenvalue weighted by molar-refractivity contribution is -0.384. The fraction of sp³-hybridized carbons (Fsp3) is 0.452. The number of non-ortho nitro benzene ring substituents is 1. The van der Waals surface area contributed by atoms with Gasteiger partial charge in [-0.25, -0.2) is 9.91 Å². The van der Waals surface area contributed by atoms with Crippen molar-refractivity contribution in [2.45, 2.75) is 82.9 Å². The zero-order chi connectivity index (χ0) is 30.2. The van der Waals surface area contributed by atoms with Gasteiger partial charge in [0.1, 0.15) is 6.04 Å². The van der Waals surface area contributed by atoms with Crippen LogP contribution in [0, 0.1) is 27.4 Å². The highest BCUT2D eigenvalue weighted by molar-refractivity contribution is 6.36. The number of benzene rings is 2. The van der Waals surface area contributed by atoms with Crippen LogP contribution in [0.1, 0.15) is 70.3 Å². The molecule has 2 aliphatic rings. The van der Waals surface area contributed by atoms with Crippen molar-refractivity contribution in [2.75, 3.05) is 10.3 Å². The van der Waals surface area contributed by atoms with Crippen LogP contribution >= 0.6 is 11.6 Å². The van der Waals surface area contributed by atoms with Crippen LogP contribution in [-0.2, 0) is 9.59 Å². The number of unbranched alkanes of at least 4 members (excludes halogenated alkanes) is 7. The number of nitrogens with zero attached hydrogens (tertiary/aromatic N) is 4. The van der Waals surface area contributed by atoms with Gasteiger partial charge in [-0.1, -0.05) is 82.0 Å². The van der Waals surface area contributed by atoms with Crippen LogP contribution in [0.15, 0.2) is 54.6 Å². The third kappa shape index (κ3) is 6.98. The van der Waals surface area contributed by atoms with E-state index in [0.717, 1.165) is 24.2 Å². The molecule has 222 valence electrons. The molecule has 1 fully saturated rings. The summed E-state index contributed by atoms with van der Waals surface area (Å²) in [6.45, 7) is 2.19. The number of carbonyl (C=O) groups excluding carboxylic acids is 2. The van der Waals surface area contributed by atoms with Gasteiger partial charge in [-0.2, -0.15) is 5.26 Å². The number of hydrazine groups is 1. The number of nitriles is 1. The fourth-order valence-electron chi connectivity index (χ4n) is 5.58. The van der Waals surface area contributed by atoms with Gasteiger partial charge in [0.15, 0.2) is 0 Å². The van der Waals surface area contributed by atoms with Gasteiger partial charge < -0.3 is 10.5 Å². The number of aliphatic hydroxyl groups excluding tert-OH is 1. The van der Waals surface area contributed by atoms with Gasteiger partial charge >= 0.3 is 0 Å². The van der Waals surface area contributed by atoms with Crippen molar-refractivity contribution >= 4 is 40.5 Å². The Bertz CT molecular complexity index is 1360. The summed E-state index contributed by atoms with van der Waals surface area (Å²) in [5, 5.41) is 33.5. The minimum Gasteiger partial charge on any atom is -0.391 e. The van der Waals surface area contributed by atoms with Crippen molar-refractivity contribution in [3.8, 4) is 6.07 Å². The Kier molecular flexibility index (Phi) is 10.7. The van der Waals surface area contributed by atoms with Gasteiger partial charge in [0.2, 0.25) is 5.91 Å². The van der Waals surface area contributed by atoms with E-state index in [4.69, 9.17) is 11.6 Å². The molecule has 42 heavy (non-hydrogen) atoms. The summed E-state index contributed by atoms with van der Waals surface area (Å²) in [5.41, 5.74) is 3.90. The van der Waals surface area contributed by atoms with Gasteiger partial charge in [-0.15, -0.1) is 0 Å². The van der Waals surface area contributed by atoms with Gasteiger partial charge in [-0.05, 0) is 36.8 Å². The van der Waals surface area contributed by atoms with Crippen LogP contribution in [0.2, 0.25) is 5.02 Å². The smallest absolute Gasteiger partial charge is 0.269 e. The standard InChI is InChI=1S/C31H36ClN5O5/c1-2-3-4-5-6-7-8-9-10-28(38)26-18-16-24-29(36(26)34-22-12-14-23(15-13-22)37(41)42)31(40)35(30(24)39)27-19-21(20-33)11-17-25(27)32/h11-19,24,26,28-29,34,38H,2-10H2,1H3/t24?,26?,28-,29-/m0/s1. The number of halogens is 1. The summed E-state index contributed by atoms with van der Waals surface area (Å²) in [6.07, 6.45) is 12.0. The van der Waals surface area contributed by atoms with Crippen molar-refractivity contribution in [2.24, 2.45) is 5.92 Å². The van der Waals surface area contributed by atoms with Crippen molar-refractivity contribution in [3.63, 3.8) is 0 Å². The molecule has 2 aromatic rings. The number of aliphatic hydroxyl groups is 1. The molecule has 2 amide bonds. The number of nitro benzene ring substituents is 1. The quantitative estimate of drug-likeness (QED) is 0.0875. The maximum Gasteiger partial charge on any atom is 0.269 e. The first-order chi connectivity index (χ1) is 20.3. The fourth-order valence-corrected chi connectivity index (χ4v) is 5.79. The summed E-state index contributed by atoms with van der Waals surface area (Å²) in [5.74, 6) is -1.91. The Morgan fingerprint density at radius 1 is 1.02 bits per heavy atom. The molecule has 4 atom stereocenters. The molecule has 0 aliphatic carbocycles. The lowest BCUT2D eigenvalue weighted by Crippen LogP contribution is -2.57. The van der Waals surface area contributed by atoms with E-state index in [2.05, 4.69) is 12.3 Å². The molecule has 1 saturated heterocycles. The van der Waals surface area contributed by atoms with E-state index < -0.39 is 40.8 Å². The molecule has 2 aromatic carbocycles. The Hall–Kier alpha value is -3.78. The second-order valence-corrected chi connectivity index (χ2v) is 11.2. The number of imide groups is 1. The predicted octanol–water partition coefficient (Wildman–Crippen LogP) is 6.14. The van der Waals surface area contributed by atoms with E-state index in [1.807, 2.05) is 6.07 Å². The molecule has 10 nitrogen and oxygen atoms in total. The topological polar surface area (TPSA) is 140 Å². The molecule has 2 N–H and O–H groups in total. The average Bonchev–Trinajstić information content (AvgIpc) is 3.24. The number of nitrogens with one attached hydrogen (secondary N) is 1. The number of nitro groups is 1. The normalized spacial score (nSPS) is 20.8. The number of rotatable bonds is 14. The number of carbonyl (C=O) groups is 2. The number of amides is 2. The Labute approximate surface area is 250 Å². The molecule has 11 heteroatoms. The molecule has 0 spiro atoms. The van der Waals surface area contributed by atoms with Gasteiger partial charge in [0, 0.05) is 17.8 Å². The van der Waals surface area contributed by atoms with Crippen LogP contribution < -0.4 is 10.3 Å². The molecule has 2 aliphatic heterocycles. The molecule has 0 saturated carbocycles. The Morgan fingerprint density at radius 3 is 2.33 bits per heavy atom. The molecular formula is C31H36ClN5O5. The third-order valence-electron chi connectivity index (χ3n) is 7.86. The van der Waals surface area contributed by atoms with E-state index in [1.54, 1.807) is 17.2 Å². The summed E-state index contributed by atoms with van der Waals surface area (Å²) in [7, 11) is 0. The number of hydrogen-bond donors (Lipinski definition) is 2. The third-order valence-corrected chi connectivity index (χ3v) is 8.18. The van der Waals surface area contributed by atoms with E-state index in [9.17, 15) is 30.1 Å². The second-order valence-electron chi connectivity index (χ2n) is 10.8. The highest BCUT2D eigenvalue weighted by Gasteiger charge is 2.54. The second kappa shape index (κ2) is 14.4. The van der Waals surface area contributed by atoms with Crippen LogP contribution in [0.3, 0.4) is 0 Å². The summed E-state index contributed by atoms with van der Waals surface area (Å²) in [4.78, 5) is 39.1. The lowest BCUT2D eigenvalue weighted by atomic mass is 9.91. The van der Waals surface area contributed by atoms with E-state index in [1.165, 1.54) is 74.6 Å². The van der Waals surface area contributed by atoms with Crippen LogP contribution in [0.4, 0.5) is 17.1 Å². The number of anilines is 2. The first-order valence-corrected chi connectivity index (χ1v) is 14.9. The molecule has 4 rings (SSSR count). The number of hydrogen-bond acceptors (Lipinski definition) is 8. The molecule has 0 bridgehead atoms. The summed E-state index contributed by atoms with van der Waals surface area (Å²) in [6, 6.07) is 10.4. The zero-order valence-corrected chi connectivity index (χ0v) is 24.4. The van der Waals surface area contributed by atoms with Crippen LogP contribution in [-0.4, -0.2) is 45.0 Å². The Morgan fingerprint density at radius 2 is 1.69 bits per heavy atom. The molecule has 0 radical (unpaired) electrons. The van der Waals surface area contributed by atoms with Crippen LogP contribution in [0.25, 0.3) is 0 Å². The van der Waals surface area contributed by atoms with Gasteiger partial charge in [-0.3, -0.25) is 19.7 Å². The van der Waals surface area contributed by atoms with Crippen molar-refractivity contribution in [3.05, 3.63) is 75.3 Å². The minimum atomic E-state index is -1.02. The Balaban J connectivity index is 1.56. The largest absolute Gasteiger partial charge is 0.391 e. The minimum absolute atomic E-state index is 0.0893. The van der Waals surface area contributed by atoms with E-state index in [-0.39, 0.29) is 22.0 Å². The van der Waals surface area contributed by atoms with Crippen LogP contribution in [0.5, 0.6) is 0 Å². The molecule has 2 heterocycles. The molecule has 2 unspecified atom stereocenters. The monoisotopic (exact) mass is 593 g/mol. The first kappa shape index (κ1) is 31.2. The van der Waals surface area contributed by atoms with Crippen molar-refractivity contribution in [1.29, 1.82) is 5.26 Å². The lowest BCUT2D eigenvalue weighted by Gasteiger charge is -2.40. The average molecular weight is 594 g/mol. The van der Waals surface area contributed by atoms with Crippen molar-refractivity contribution < 1.29 is 19.6 Å². The highest BCUT2D eigenvalue weighted by atomic mass is 35.5. The van der Waals surface area contributed by atoms with Crippen molar-refractivity contribution in [1.82, 2.24) is 5.01 Å². The van der Waals surface area contributed by atoms with Gasteiger partial charge in [0.05, 0.1) is 45.3 Å². The summed E-state index contributed by atoms with van der Waals surface area (Å²) < 4.78 is 0. The maximum absolute atomic E-state index is 13.9.